The number of thiocarbonyl (C=S) groups is 1. The van der Waals surface area contributed by atoms with Gasteiger partial charge in [0, 0.05) is 5.69 Å². The molecule has 0 bridgehead atoms. The van der Waals surface area contributed by atoms with E-state index in [1.165, 1.54) is 0 Å². The highest BCUT2D eigenvalue weighted by Gasteiger charge is 2.52. The Morgan fingerprint density at radius 1 is 1.41 bits per heavy atom. The number of anilines is 1. The highest BCUT2D eigenvalue weighted by atomic mass is 32.1. The molecule has 0 atom stereocenters. The van der Waals surface area contributed by atoms with Crippen molar-refractivity contribution in [2.45, 2.75) is 19.4 Å². The number of rotatable bonds is 4. The lowest BCUT2D eigenvalue weighted by molar-refractivity contribution is -0.118. The first-order valence-corrected chi connectivity index (χ1v) is 5.80. The van der Waals surface area contributed by atoms with Crippen molar-refractivity contribution in [3.05, 3.63) is 29.8 Å². The topological polar surface area (TPSA) is 75.4 Å². The van der Waals surface area contributed by atoms with Crippen LogP contribution in [0.4, 0.5) is 5.69 Å². The molecular formula is C12H14N2O2S. The van der Waals surface area contributed by atoms with Crippen LogP contribution < -0.4 is 11.1 Å². The summed E-state index contributed by atoms with van der Waals surface area (Å²) in [7, 11) is 0. The minimum Gasteiger partial charge on any atom is -0.392 e. The summed E-state index contributed by atoms with van der Waals surface area (Å²) in [5, 5.41) is 11.7. The first kappa shape index (κ1) is 12.0. The summed E-state index contributed by atoms with van der Waals surface area (Å²) in [5.41, 5.74) is 6.43. The number of benzene rings is 1. The Morgan fingerprint density at radius 2 is 2.00 bits per heavy atom. The van der Waals surface area contributed by atoms with Crippen molar-refractivity contribution in [3.8, 4) is 0 Å². The maximum atomic E-state index is 12.0. The van der Waals surface area contributed by atoms with E-state index in [1.807, 2.05) is 0 Å². The molecule has 0 aliphatic heterocycles. The first-order chi connectivity index (χ1) is 8.08. The number of aliphatic hydroxyl groups is 1. The molecule has 0 spiro atoms. The van der Waals surface area contributed by atoms with Crippen LogP contribution >= 0.6 is 12.2 Å². The van der Waals surface area contributed by atoms with Gasteiger partial charge in [-0.3, -0.25) is 4.79 Å². The second kappa shape index (κ2) is 4.43. The molecular weight excluding hydrogens is 236 g/mol. The van der Waals surface area contributed by atoms with Crippen LogP contribution in [-0.2, 0) is 11.4 Å². The molecule has 1 amide bonds. The molecule has 2 rings (SSSR count). The predicted octanol–water partition coefficient (Wildman–Crippen LogP) is 1.18. The van der Waals surface area contributed by atoms with Crippen molar-refractivity contribution in [2.24, 2.45) is 11.1 Å². The molecule has 4 N–H and O–H groups in total. The minimum atomic E-state index is -0.634. The van der Waals surface area contributed by atoms with Crippen LogP contribution in [0.5, 0.6) is 0 Å². The average Bonchev–Trinajstić information content (AvgIpc) is 3.11. The summed E-state index contributed by atoms with van der Waals surface area (Å²) in [6.07, 6.45) is 1.45. The number of carbonyl (C=O) groups excluding carboxylic acids is 1. The van der Waals surface area contributed by atoms with E-state index in [1.54, 1.807) is 24.3 Å². The van der Waals surface area contributed by atoms with Crippen molar-refractivity contribution in [2.75, 3.05) is 5.32 Å². The van der Waals surface area contributed by atoms with Crippen LogP contribution in [0.25, 0.3) is 0 Å². The van der Waals surface area contributed by atoms with E-state index in [4.69, 9.17) is 23.1 Å². The lowest BCUT2D eigenvalue weighted by atomic mass is 10.1. The number of carbonyl (C=O) groups is 1. The second-order valence-corrected chi connectivity index (χ2v) is 4.70. The van der Waals surface area contributed by atoms with Crippen LogP contribution in [0.15, 0.2) is 24.3 Å². The third-order valence-electron chi connectivity index (χ3n) is 3.05. The molecule has 0 aromatic heterocycles. The van der Waals surface area contributed by atoms with Gasteiger partial charge in [-0.15, -0.1) is 0 Å². The van der Waals surface area contributed by atoms with Crippen molar-refractivity contribution < 1.29 is 9.90 Å². The highest BCUT2D eigenvalue weighted by molar-refractivity contribution is 7.80. The third kappa shape index (κ3) is 2.30. The van der Waals surface area contributed by atoms with Crippen LogP contribution in [0, 0.1) is 5.41 Å². The fourth-order valence-corrected chi connectivity index (χ4v) is 1.95. The zero-order valence-corrected chi connectivity index (χ0v) is 10.1. The van der Waals surface area contributed by atoms with Gasteiger partial charge in [0.15, 0.2) is 0 Å². The Bertz CT molecular complexity index is 452. The zero-order chi connectivity index (χ0) is 12.5. The molecule has 0 saturated heterocycles. The molecule has 0 unspecified atom stereocenters. The number of nitrogens with one attached hydrogen (secondary N) is 1. The quantitative estimate of drug-likeness (QED) is 0.701. The molecule has 1 aliphatic rings. The van der Waals surface area contributed by atoms with Crippen molar-refractivity contribution >= 4 is 28.8 Å². The molecule has 1 fully saturated rings. The lowest BCUT2D eigenvalue weighted by Crippen LogP contribution is -2.34. The summed E-state index contributed by atoms with van der Waals surface area (Å²) < 4.78 is 0. The van der Waals surface area contributed by atoms with Crippen LogP contribution in [0.2, 0.25) is 0 Å². The fourth-order valence-electron chi connectivity index (χ4n) is 1.65. The van der Waals surface area contributed by atoms with Gasteiger partial charge in [0.05, 0.1) is 17.0 Å². The zero-order valence-electron chi connectivity index (χ0n) is 9.27. The molecule has 1 aliphatic carbocycles. The third-order valence-corrected chi connectivity index (χ3v) is 3.44. The van der Waals surface area contributed by atoms with Gasteiger partial charge >= 0.3 is 0 Å². The van der Waals surface area contributed by atoms with Gasteiger partial charge in [-0.2, -0.15) is 0 Å². The highest BCUT2D eigenvalue weighted by Crippen LogP contribution is 2.46. The van der Waals surface area contributed by atoms with Gasteiger partial charge in [-0.1, -0.05) is 24.4 Å². The van der Waals surface area contributed by atoms with Gasteiger partial charge < -0.3 is 16.2 Å². The Hall–Kier alpha value is -1.46. The van der Waals surface area contributed by atoms with E-state index >= 15 is 0 Å². The molecule has 5 heteroatoms. The van der Waals surface area contributed by atoms with Crippen molar-refractivity contribution in [3.63, 3.8) is 0 Å². The summed E-state index contributed by atoms with van der Waals surface area (Å²) in [6.45, 7) is -0.00888. The molecule has 17 heavy (non-hydrogen) atoms. The van der Waals surface area contributed by atoms with Gasteiger partial charge in [0.25, 0.3) is 0 Å². The summed E-state index contributed by atoms with van der Waals surface area (Å²) in [5.74, 6) is -0.137. The van der Waals surface area contributed by atoms with E-state index in [0.29, 0.717) is 5.69 Å². The normalized spacial score (nSPS) is 16.3. The van der Waals surface area contributed by atoms with Gasteiger partial charge in [0.1, 0.15) is 0 Å². The van der Waals surface area contributed by atoms with Crippen LogP contribution in [0.1, 0.15) is 18.4 Å². The molecule has 0 heterocycles. The van der Waals surface area contributed by atoms with Gasteiger partial charge in [-0.25, -0.2) is 0 Å². The lowest BCUT2D eigenvalue weighted by Gasteiger charge is -2.13. The largest absolute Gasteiger partial charge is 0.392 e. The average molecular weight is 250 g/mol. The summed E-state index contributed by atoms with van der Waals surface area (Å²) in [6, 6.07) is 7.02. The number of hydrogen-bond donors (Lipinski definition) is 3. The number of amides is 1. The van der Waals surface area contributed by atoms with E-state index < -0.39 is 5.41 Å². The summed E-state index contributed by atoms with van der Waals surface area (Å²) >= 11 is 4.91. The smallest absolute Gasteiger partial charge is 0.237 e. The molecule has 90 valence electrons. The number of hydrogen-bond acceptors (Lipinski definition) is 3. The van der Waals surface area contributed by atoms with Crippen molar-refractivity contribution in [1.29, 1.82) is 0 Å². The Kier molecular flexibility index (Phi) is 3.13. The monoisotopic (exact) mass is 250 g/mol. The first-order valence-electron chi connectivity index (χ1n) is 5.40. The Balaban J connectivity index is 2.06. The van der Waals surface area contributed by atoms with Crippen LogP contribution in [0.3, 0.4) is 0 Å². The molecule has 0 radical (unpaired) electrons. The standard InChI is InChI=1S/C12H14N2O2S/c13-10(17)12(5-6-12)11(16)14-9-3-1-8(7-15)2-4-9/h1-4,15H,5-7H2,(H2,13,17)(H,14,16). The SMILES string of the molecule is NC(=S)C1(C(=O)Nc2ccc(CO)cc2)CC1. The molecule has 1 aromatic rings. The number of nitrogens with two attached hydrogens (primary N) is 1. The Labute approximate surface area is 105 Å². The minimum absolute atomic E-state index is 0.00888. The number of aliphatic hydroxyl groups excluding tert-OH is 1. The van der Waals surface area contributed by atoms with E-state index in [0.717, 1.165) is 18.4 Å². The van der Waals surface area contributed by atoms with Crippen LogP contribution in [-0.4, -0.2) is 16.0 Å². The Morgan fingerprint density at radius 3 is 2.41 bits per heavy atom. The molecule has 1 aromatic carbocycles. The van der Waals surface area contributed by atoms with Gasteiger partial charge in [-0.05, 0) is 30.5 Å². The molecule has 1 saturated carbocycles. The van der Waals surface area contributed by atoms with Gasteiger partial charge in [0.2, 0.25) is 5.91 Å². The molecule has 4 nitrogen and oxygen atoms in total. The predicted molar refractivity (Wildman–Crippen MR) is 69.4 cm³/mol. The van der Waals surface area contributed by atoms with Crippen molar-refractivity contribution in [1.82, 2.24) is 0 Å². The van der Waals surface area contributed by atoms with E-state index in [2.05, 4.69) is 5.32 Å². The maximum Gasteiger partial charge on any atom is 0.237 e. The second-order valence-electron chi connectivity index (χ2n) is 4.26. The summed E-state index contributed by atoms with van der Waals surface area (Å²) in [4.78, 5) is 12.2. The fraction of sp³-hybridized carbons (Fsp3) is 0.333. The van der Waals surface area contributed by atoms with E-state index in [-0.39, 0.29) is 17.5 Å². The maximum absolute atomic E-state index is 12.0. The van der Waals surface area contributed by atoms with E-state index in [9.17, 15) is 4.79 Å².